The van der Waals surface area contributed by atoms with Gasteiger partial charge in [0.05, 0.1) is 24.2 Å². The third kappa shape index (κ3) is 41.1. The predicted octanol–water partition coefficient (Wildman–Crippen LogP) is 10.9. The molecule has 0 radical (unpaired) electrons. The number of nitrogens with two attached hydrogens (primary N) is 8. The van der Waals surface area contributed by atoms with Gasteiger partial charge in [0.1, 0.15) is 58.9 Å². The Morgan fingerprint density at radius 2 is 0.523 bits per heavy atom. The Kier molecular flexibility index (Phi) is 53.5. The maximum Gasteiger partial charge on any atom is 0.251 e. The van der Waals surface area contributed by atoms with E-state index in [1.807, 2.05) is 79.7 Å². The topological polar surface area (TPSA) is 592 Å². The summed E-state index contributed by atoms with van der Waals surface area (Å²) in [4.78, 5) is 231. The highest BCUT2D eigenvalue weighted by Crippen LogP contribution is 2.33. The number of Topliss-reactive ketones (excluding diaryl/α,β-unsaturated/α-hetero) is 8. The van der Waals surface area contributed by atoms with Gasteiger partial charge in [-0.2, -0.15) is 0 Å². The summed E-state index contributed by atoms with van der Waals surface area (Å²) in [6.45, 7) is 35.6. The van der Waals surface area contributed by atoms with Gasteiger partial charge in [0.25, 0.3) is 23.6 Å². The fraction of sp³-hybridized carbons (Fsp3) is 0.604. The maximum atomic E-state index is 13.7. The van der Waals surface area contributed by atoms with Crippen molar-refractivity contribution in [3.05, 3.63) is 142 Å². The van der Waals surface area contributed by atoms with Crippen LogP contribution in [0.3, 0.4) is 0 Å². The molecule has 0 unspecified atom stereocenters. The fourth-order valence-electron chi connectivity index (χ4n) is 18.8. The quantitative estimate of drug-likeness (QED) is 0.0111. The number of hydrogen-bond acceptors (Lipinski definition) is 20. The Morgan fingerprint density at radius 3 is 0.705 bits per heavy atom. The Bertz CT molecular complexity index is 5080. The van der Waals surface area contributed by atoms with Gasteiger partial charge < -0.3 is 86.7 Å². The molecule has 4 aliphatic rings. The minimum atomic E-state index is -0.844. The van der Waals surface area contributed by atoms with Crippen molar-refractivity contribution in [2.75, 3.05) is 52.4 Å². The first-order chi connectivity index (χ1) is 70.3. The Labute approximate surface area is 878 Å². The van der Waals surface area contributed by atoms with Crippen LogP contribution in [0.4, 0.5) is 8.78 Å². The van der Waals surface area contributed by atoms with Crippen molar-refractivity contribution in [3.63, 3.8) is 0 Å². The number of hydrogen-bond donors (Lipinski definition) is 12. The monoisotopic (exact) mass is 2080 g/mol. The summed E-state index contributed by atoms with van der Waals surface area (Å²) in [6, 6.07) is 19.3. The molecule has 4 saturated heterocycles. The van der Waals surface area contributed by atoms with E-state index in [0.717, 1.165) is 11.1 Å². The van der Waals surface area contributed by atoms with E-state index in [1.165, 1.54) is 58.3 Å². The number of amides is 8. The first-order valence-electron chi connectivity index (χ1n) is 52.9. The molecule has 4 aliphatic heterocycles. The van der Waals surface area contributed by atoms with Gasteiger partial charge in [-0.1, -0.05) is 142 Å². The lowest BCUT2D eigenvalue weighted by Gasteiger charge is -2.31. The number of rotatable bonds is 53. The van der Waals surface area contributed by atoms with Crippen molar-refractivity contribution < 1.29 is 85.5 Å². The number of carbonyl (C=O) groups excluding carboxylic acids is 16. The molecule has 4 heterocycles. The molecular formula is C111H168F2N20O16. The second-order valence-electron chi connectivity index (χ2n) is 41.7. The van der Waals surface area contributed by atoms with Crippen LogP contribution in [-0.4, -0.2) is 238 Å². The highest BCUT2D eigenvalue weighted by Gasteiger charge is 2.45. The van der Waals surface area contributed by atoms with E-state index >= 15 is 0 Å². The molecule has 0 aliphatic carbocycles. The third-order valence-electron chi connectivity index (χ3n) is 27.6. The number of halogens is 2. The van der Waals surface area contributed by atoms with E-state index in [-0.39, 0.29) is 171 Å². The highest BCUT2D eigenvalue weighted by atomic mass is 19.1. The number of carbonyl (C=O) groups is 16. The molecule has 12 atom stereocenters. The van der Waals surface area contributed by atoms with Crippen molar-refractivity contribution >= 4 is 117 Å². The molecule has 0 spiro atoms. The molecule has 4 aromatic rings. The lowest BCUT2D eigenvalue weighted by molar-refractivity contribution is -0.140. The number of benzene rings is 4. The average Bonchev–Trinajstić information content (AvgIpc) is 1.67. The van der Waals surface area contributed by atoms with Crippen LogP contribution in [0.15, 0.2) is 117 Å². The molecule has 0 saturated carbocycles. The van der Waals surface area contributed by atoms with Gasteiger partial charge in [-0.15, -0.1) is 0 Å². The van der Waals surface area contributed by atoms with Gasteiger partial charge >= 0.3 is 0 Å². The SMILES string of the molecule is CCC(=O)[C@@H](CCCN=C(N)N)CC(=O)[C@@H]1CCCN1C(=O)[C@@H](NC(=O)c1ccc(F)cc1)C(C)C.CCC(=O)[C@H](CCCN=C(N)N)CC(=O)[C@@H]1CCCN1C(=O)[C@@H](NC(=O)c1ccc(C(C)(C)C)cc1)C(C)C.CCC(=O)[C@H](CCCN=C(N)N)CC(=O)[C@@H]1CCCN1C(=O)[C@@H](NC(=O)c1ccc(C(C)C)cc1)C(C)C.CCC(=O)[C@H](CCCN=C(N)N)CC(=O)[C@@H]1CCCN1C(=O)[C@@H](NC(=O)c1ccc(F)cc1)C(C)C. The number of likely N-dealkylation sites (tertiary alicyclic amines) is 4. The van der Waals surface area contributed by atoms with Crippen LogP contribution in [0.1, 0.15) is 330 Å². The van der Waals surface area contributed by atoms with Crippen LogP contribution < -0.4 is 67.1 Å². The molecule has 0 aromatic heterocycles. The highest BCUT2D eigenvalue weighted by molar-refractivity contribution is 6.04. The minimum Gasteiger partial charge on any atom is -0.370 e. The molecule has 20 N–H and O–H groups in total. The molecule has 822 valence electrons. The Balaban J connectivity index is 0.000000349. The van der Waals surface area contributed by atoms with Gasteiger partial charge in [0.15, 0.2) is 47.0 Å². The Hall–Kier alpha value is -13.1. The van der Waals surface area contributed by atoms with E-state index in [4.69, 9.17) is 45.9 Å². The van der Waals surface area contributed by atoms with E-state index in [2.05, 4.69) is 75.9 Å². The number of guanidine groups is 4. The summed E-state index contributed by atoms with van der Waals surface area (Å²) in [5.74, 6) is -6.43. The minimum absolute atomic E-state index is 0.000996. The van der Waals surface area contributed by atoms with E-state index in [0.29, 0.717) is 198 Å². The second-order valence-corrected chi connectivity index (χ2v) is 41.7. The molecule has 8 rings (SSSR count). The average molecular weight is 2080 g/mol. The second kappa shape index (κ2) is 63.1. The van der Waals surface area contributed by atoms with Crippen molar-refractivity contribution in [2.24, 2.45) is 113 Å². The van der Waals surface area contributed by atoms with Crippen molar-refractivity contribution in [1.82, 2.24) is 40.9 Å². The zero-order valence-corrected chi connectivity index (χ0v) is 90.7. The summed E-state index contributed by atoms with van der Waals surface area (Å²) >= 11 is 0. The molecule has 0 bridgehead atoms. The summed E-state index contributed by atoms with van der Waals surface area (Å²) < 4.78 is 26.4. The van der Waals surface area contributed by atoms with Crippen LogP contribution in [0.5, 0.6) is 0 Å². The van der Waals surface area contributed by atoms with E-state index in [1.54, 1.807) is 61.8 Å². The number of nitrogens with zero attached hydrogens (tertiary/aromatic N) is 8. The fourth-order valence-corrected chi connectivity index (χ4v) is 18.8. The van der Waals surface area contributed by atoms with Crippen LogP contribution in [-0.2, 0) is 62.9 Å². The summed E-state index contributed by atoms with van der Waals surface area (Å²) in [5, 5.41) is 11.3. The molecule has 4 fully saturated rings. The largest absolute Gasteiger partial charge is 0.370 e. The molecule has 4 aromatic carbocycles. The van der Waals surface area contributed by atoms with Crippen LogP contribution >= 0.6 is 0 Å². The zero-order valence-electron chi connectivity index (χ0n) is 90.7. The molecular weight excluding hydrogens is 1910 g/mol. The van der Waals surface area contributed by atoms with Crippen LogP contribution in [0.25, 0.3) is 0 Å². The zero-order chi connectivity index (χ0) is 111. The third-order valence-corrected chi connectivity index (χ3v) is 27.6. The summed E-state index contributed by atoms with van der Waals surface area (Å²) in [5.41, 5.74) is 46.5. The molecule has 38 heteroatoms. The Morgan fingerprint density at radius 1 is 0.322 bits per heavy atom. The molecule has 8 amide bonds. The van der Waals surface area contributed by atoms with Crippen LogP contribution in [0, 0.1) is 59.0 Å². The summed E-state index contributed by atoms with van der Waals surface area (Å²) in [7, 11) is 0. The lowest BCUT2D eigenvalue weighted by Crippen LogP contribution is -2.54. The summed E-state index contributed by atoms with van der Waals surface area (Å²) in [6.07, 6.45) is 10.8. The first kappa shape index (κ1) is 126. The number of nitrogens with one attached hydrogen (secondary N) is 4. The van der Waals surface area contributed by atoms with Crippen molar-refractivity contribution in [2.45, 2.75) is 331 Å². The smallest absolute Gasteiger partial charge is 0.251 e. The van der Waals surface area contributed by atoms with Gasteiger partial charge in [0.2, 0.25) is 23.6 Å². The maximum absolute atomic E-state index is 13.7. The van der Waals surface area contributed by atoms with Gasteiger partial charge in [-0.05, 0) is 222 Å². The van der Waals surface area contributed by atoms with Crippen molar-refractivity contribution in [1.29, 1.82) is 0 Å². The first-order valence-corrected chi connectivity index (χ1v) is 52.9. The molecule has 149 heavy (non-hydrogen) atoms. The predicted molar refractivity (Wildman–Crippen MR) is 575 cm³/mol. The number of aliphatic imine (C=N–C) groups is 4. The number of ketones is 8. The van der Waals surface area contributed by atoms with Gasteiger partial charge in [0, 0.05) is 150 Å². The normalized spacial score (nSPS) is 16.9. The lowest BCUT2D eigenvalue weighted by atomic mass is 9.86. The van der Waals surface area contributed by atoms with Gasteiger partial charge in [-0.3, -0.25) is 96.7 Å². The van der Waals surface area contributed by atoms with E-state index < -0.39 is 95.5 Å². The standard InChI is InChI=1S/C30H47N5O4.C29H45N5O4.2C26H38FN5O4/c1-7-24(36)21(10-8-16-33-29(31)32)18-25(37)23-11-9-17-35(23)28(39)26(19(2)3)34-27(38)20-12-14-22(15-13-20)30(4,5)6;1-6-24(35)22(9-7-15-32-29(30)31)17-25(36)23-10-8-16-34(23)28(38)26(19(4)5)33-27(37)21-13-11-20(12-14-21)18(2)3;2*1-4-21(33)18(7-5-13-30-26(28)29)15-22(34)20-8-6-14-32(20)25(36)23(16(2)3)31-24(35)17-9-11-19(27)12-10-17/h12-15,19,21,23,26H,7-11,16-18H2,1-6H3,(H,34,38)(H4,31,32,33);11-14,18-19,22-23,26H,6-10,15-17H2,1-5H3,(H,33,37)(H4,30,31,32);2*9-12,16,18,20,23H,4-8,13-15H2,1-3H3,(H,31,35)(H4,28,29,30)/t21-,23+,26+;22-,23+,26+;18-,20+,23+;18-,20-,23-/m1110/s1. The van der Waals surface area contributed by atoms with Crippen molar-refractivity contribution in [3.8, 4) is 0 Å². The molecule has 36 nitrogen and oxygen atoms in total. The van der Waals surface area contributed by atoms with E-state index in [9.17, 15) is 85.5 Å². The van der Waals surface area contributed by atoms with Gasteiger partial charge in [-0.25, -0.2) is 8.78 Å². The van der Waals surface area contributed by atoms with Crippen LogP contribution in [0.2, 0.25) is 0 Å².